The Bertz CT molecular complexity index is 729. The topological polar surface area (TPSA) is 30.7 Å². The molecule has 1 aliphatic rings. The maximum Gasteiger partial charge on any atom is 0.0979 e. The van der Waals surface area contributed by atoms with Crippen LogP contribution in [-0.2, 0) is 12.8 Å². The highest BCUT2D eigenvalue weighted by Gasteiger charge is 2.22. The fourth-order valence-corrected chi connectivity index (χ4v) is 2.72. The van der Waals surface area contributed by atoms with E-state index in [1.54, 1.807) is 0 Å². The lowest BCUT2D eigenvalue weighted by Gasteiger charge is -2.16. The van der Waals surface area contributed by atoms with Gasteiger partial charge in [0.15, 0.2) is 0 Å². The normalized spacial score (nSPS) is 12.8. The summed E-state index contributed by atoms with van der Waals surface area (Å²) in [6.45, 7) is 0. The Labute approximate surface area is 111 Å². The molecular weight excluding hydrogens is 234 g/mol. The third kappa shape index (κ3) is 1.58. The highest BCUT2D eigenvalue weighted by atomic mass is 15.4. The summed E-state index contributed by atoms with van der Waals surface area (Å²) in [7, 11) is 0. The van der Waals surface area contributed by atoms with Crippen LogP contribution in [-0.4, -0.2) is 15.0 Å². The molecule has 19 heavy (non-hydrogen) atoms. The highest BCUT2D eigenvalue weighted by molar-refractivity contribution is 5.70. The molecule has 1 aromatic heterocycles. The Morgan fingerprint density at radius 2 is 1.63 bits per heavy atom. The first kappa shape index (κ1) is 10.5. The van der Waals surface area contributed by atoms with Crippen molar-refractivity contribution in [2.75, 3.05) is 0 Å². The van der Waals surface area contributed by atoms with Crippen LogP contribution >= 0.6 is 0 Å². The number of hydrogen-bond acceptors (Lipinski definition) is 2. The molecular formula is C16H13N3. The summed E-state index contributed by atoms with van der Waals surface area (Å²) >= 11 is 0. The average Bonchev–Trinajstić information content (AvgIpc) is 2.92. The first-order valence-electron chi connectivity index (χ1n) is 6.52. The molecule has 4 rings (SSSR count). The number of aryl methyl sites for hydroxylation is 2. The molecule has 0 aliphatic heterocycles. The molecule has 0 fully saturated rings. The van der Waals surface area contributed by atoms with Gasteiger partial charge in [-0.2, -0.15) is 0 Å². The van der Waals surface area contributed by atoms with Crippen molar-refractivity contribution in [2.45, 2.75) is 12.8 Å². The van der Waals surface area contributed by atoms with E-state index in [9.17, 15) is 0 Å². The number of fused-ring (bicyclic) bond motifs is 3. The number of rotatable bonds is 1. The summed E-state index contributed by atoms with van der Waals surface area (Å²) < 4.78 is 1.95. The van der Waals surface area contributed by atoms with Crippen LogP contribution < -0.4 is 0 Å². The molecule has 0 N–H and O–H groups in total. The zero-order valence-electron chi connectivity index (χ0n) is 10.5. The third-order valence-electron chi connectivity index (χ3n) is 3.64. The van der Waals surface area contributed by atoms with Gasteiger partial charge in [-0.1, -0.05) is 47.7 Å². The molecule has 0 radical (unpaired) electrons. The molecule has 0 unspecified atom stereocenters. The predicted molar refractivity (Wildman–Crippen MR) is 74.2 cm³/mol. The SMILES string of the molecule is c1ccc(-n2nnc3c2-c2ccccc2CC3)cc1. The van der Waals surface area contributed by atoms with E-state index >= 15 is 0 Å². The lowest BCUT2D eigenvalue weighted by Crippen LogP contribution is -2.07. The van der Waals surface area contributed by atoms with Crippen LogP contribution in [0.5, 0.6) is 0 Å². The molecule has 2 aromatic carbocycles. The molecule has 3 nitrogen and oxygen atoms in total. The standard InChI is InChI=1S/C16H13N3/c1-2-7-13(8-3-1)19-16-14-9-5-4-6-12(14)10-11-15(16)17-18-19/h1-9H,10-11H2. The van der Waals surface area contributed by atoms with Gasteiger partial charge in [0.25, 0.3) is 0 Å². The van der Waals surface area contributed by atoms with Gasteiger partial charge in [0.2, 0.25) is 0 Å². The Morgan fingerprint density at radius 3 is 2.53 bits per heavy atom. The maximum atomic E-state index is 4.34. The maximum absolute atomic E-state index is 4.34. The second kappa shape index (κ2) is 4.05. The number of para-hydroxylation sites is 1. The van der Waals surface area contributed by atoms with Crippen molar-refractivity contribution in [1.82, 2.24) is 15.0 Å². The van der Waals surface area contributed by atoms with Crippen LogP contribution in [0.4, 0.5) is 0 Å². The van der Waals surface area contributed by atoms with Gasteiger partial charge in [-0.25, -0.2) is 4.68 Å². The van der Waals surface area contributed by atoms with Crippen LogP contribution in [0.25, 0.3) is 16.9 Å². The van der Waals surface area contributed by atoms with E-state index in [4.69, 9.17) is 0 Å². The molecule has 92 valence electrons. The zero-order valence-corrected chi connectivity index (χ0v) is 10.5. The second-order valence-corrected chi connectivity index (χ2v) is 4.79. The number of hydrogen-bond donors (Lipinski definition) is 0. The van der Waals surface area contributed by atoms with E-state index in [1.807, 2.05) is 22.9 Å². The largest absolute Gasteiger partial charge is 0.213 e. The Balaban J connectivity index is 1.97. The molecule has 0 spiro atoms. The average molecular weight is 247 g/mol. The predicted octanol–water partition coefficient (Wildman–Crippen LogP) is 3.03. The van der Waals surface area contributed by atoms with Crippen LogP contribution in [0.1, 0.15) is 11.3 Å². The van der Waals surface area contributed by atoms with Crippen LogP contribution in [0.2, 0.25) is 0 Å². The fourth-order valence-electron chi connectivity index (χ4n) is 2.72. The van der Waals surface area contributed by atoms with Gasteiger partial charge >= 0.3 is 0 Å². The molecule has 0 atom stereocenters. The lowest BCUT2D eigenvalue weighted by atomic mass is 9.92. The van der Waals surface area contributed by atoms with Gasteiger partial charge in [-0.15, -0.1) is 5.10 Å². The first-order valence-corrected chi connectivity index (χ1v) is 6.52. The summed E-state index contributed by atoms with van der Waals surface area (Å²) in [5.41, 5.74) is 5.95. The molecule has 0 saturated heterocycles. The van der Waals surface area contributed by atoms with Crippen molar-refractivity contribution in [3.63, 3.8) is 0 Å². The van der Waals surface area contributed by atoms with Crippen LogP contribution in [0.15, 0.2) is 54.6 Å². The zero-order chi connectivity index (χ0) is 12.7. The number of nitrogens with zero attached hydrogens (tertiary/aromatic N) is 3. The molecule has 0 amide bonds. The Kier molecular flexibility index (Phi) is 2.24. The van der Waals surface area contributed by atoms with E-state index in [2.05, 4.69) is 46.7 Å². The minimum atomic E-state index is 0.971. The van der Waals surface area contributed by atoms with Crippen molar-refractivity contribution in [2.24, 2.45) is 0 Å². The Hall–Kier alpha value is -2.42. The number of benzene rings is 2. The molecule has 0 bridgehead atoms. The van der Waals surface area contributed by atoms with E-state index in [-0.39, 0.29) is 0 Å². The van der Waals surface area contributed by atoms with Gasteiger partial charge in [-0.3, -0.25) is 0 Å². The Morgan fingerprint density at radius 1 is 0.842 bits per heavy atom. The molecule has 1 heterocycles. The summed E-state index contributed by atoms with van der Waals surface area (Å²) in [5.74, 6) is 0. The first-order chi connectivity index (χ1) is 9.43. The molecule has 1 aliphatic carbocycles. The third-order valence-corrected chi connectivity index (χ3v) is 3.64. The monoisotopic (exact) mass is 247 g/mol. The van der Waals surface area contributed by atoms with Crippen LogP contribution in [0, 0.1) is 0 Å². The van der Waals surface area contributed by atoms with Crippen molar-refractivity contribution < 1.29 is 0 Å². The van der Waals surface area contributed by atoms with E-state index < -0.39 is 0 Å². The van der Waals surface area contributed by atoms with Gasteiger partial charge < -0.3 is 0 Å². The van der Waals surface area contributed by atoms with Crippen molar-refractivity contribution in [1.29, 1.82) is 0 Å². The lowest BCUT2D eigenvalue weighted by molar-refractivity contribution is 0.801. The molecule has 3 heteroatoms. The molecule has 3 aromatic rings. The fraction of sp³-hybridized carbons (Fsp3) is 0.125. The minimum absolute atomic E-state index is 0.971. The van der Waals surface area contributed by atoms with Crippen LogP contribution in [0.3, 0.4) is 0 Å². The van der Waals surface area contributed by atoms with E-state index in [0.717, 1.165) is 29.9 Å². The summed E-state index contributed by atoms with van der Waals surface area (Å²) in [6.07, 6.45) is 2.02. The van der Waals surface area contributed by atoms with E-state index in [1.165, 1.54) is 11.1 Å². The van der Waals surface area contributed by atoms with E-state index in [0.29, 0.717) is 0 Å². The van der Waals surface area contributed by atoms with Gasteiger partial charge in [0.05, 0.1) is 17.1 Å². The number of aromatic nitrogens is 3. The summed E-state index contributed by atoms with van der Waals surface area (Å²) in [4.78, 5) is 0. The highest BCUT2D eigenvalue weighted by Crippen LogP contribution is 2.33. The van der Waals surface area contributed by atoms with Crippen molar-refractivity contribution >= 4 is 0 Å². The quantitative estimate of drug-likeness (QED) is 0.661. The minimum Gasteiger partial charge on any atom is -0.213 e. The summed E-state index contributed by atoms with van der Waals surface area (Å²) in [6, 6.07) is 18.7. The van der Waals surface area contributed by atoms with Crippen molar-refractivity contribution in [3.05, 3.63) is 65.9 Å². The van der Waals surface area contributed by atoms with Gasteiger partial charge in [0.1, 0.15) is 0 Å². The van der Waals surface area contributed by atoms with Gasteiger partial charge in [0, 0.05) is 5.56 Å². The van der Waals surface area contributed by atoms with Crippen molar-refractivity contribution in [3.8, 4) is 16.9 Å². The summed E-state index contributed by atoms with van der Waals surface area (Å²) in [5, 5.41) is 8.68. The van der Waals surface area contributed by atoms with Gasteiger partial charge in [-0.05, 0) is 30.5 Å². The second-order valence-electron chi connectivity index (χ2n) is 4.79. The smallest absolute Gasteiger partial charge is 0.0979 e. The molecule has 0 saturated carbocycles.